The number of carbonyl (C=O) groups excluding carboxylic acids is 1. The third-order valence-electron chi connectivity index (χ3n) is 3.85. The van der Waals surface area contributed by atoms with Crippen LogP contribution in [-0.4, -0.2) is 40.0 Å². The Kier molecular flexibility index (Phi) is 6.73. The topological polar surface area (TPSA) is 61.0 Å². The molecule has 1 aromatic carbocycles. The highest BCUT2D eigenvalue weighted by Crippen LogP contribution is 2.16. The van der Waals surface area contributed by atoms with Gasteiger partial charge < -0.3 is 10.2 Å². The molecule has 2 N–H and O–H groups in total. The van der Waals surface area contributed by atoms with Crippen LogP contribution >= 0.6 is 11.8 Å². The number of aromatic nitrogens is 2. The zero-order valence-corrected chi connectivity index (χ0v) is 15.6. The number of amides is 2. The molecule has 0 radical (unpaired) electrons. The Morgan fingerprint density at radius 1 is 1.38 bits per heavy atom. The lowest BCUT2D eigenvalue weighted by Gasteiger charge is -2.24. The summed E-state index contributed by atoms with van der Waals surface area (Å²) in [5.41, 5.74) is 3.14. The van der Waals surface area contributed by atoms with E-state index in [1.54, 1.807) is 11.8 Å². The molecular weight excluding hydrogens is 320 g/mol. The van der Waals surface area contributed by atoms with E-state index < -0.39 is 0 Å². The summed E-state index contributed by atoms with van der Waals surface area (Å²) in [5, 5.41) is 10.2. The standard InChI is InChI=1S/C18H26N4OS/c1-5-22(12-15-6-8-17(24-4)9-7-15)18(23)19-13(2)10-16-11-14(3)20-21-16/h6-9,11,13H,5,10,12H2,1-4H3,(H,19,23)(H,20,21). The van der Waals surface area contributed by atoms with Crippen molar-refractivity contribution in [2.24, 2.45) is 0 Å². The summed E-state index contributed by atoms with van der Waals surface area (Å²) in [6.07, 6.45) is 2.78. The van der Waals surface area contributed by atoms with Crippen molar-refractivity contribution < 1.29 is 4.79 Å². The van der Waals surface area contributed by atoms with Crippen LogP contribution in [0.2, 0.25) is 0 Å². The molecule has 0 bridgehead atoms. The van der Waals surface area contributed by atoms with Crippen molar-refractivity contribution in [1.82, 2.24) is 20.4 Å². The molecule has 5 nitrogen and oxygen atoms in total. The van der Waals surface area contributed by atoms with E-state index in [2.05, 4.69) is 46.0 Å². The van der Waals surface area contributed by atoms with Crippen molar-refractivity contribution in [3.05, 3.63) is 47.3 Å². The fourth-order valence-electron chi connectivity index (χ4n) is 2.52. The van der Waals surface area contributed by atoms with Crippen molar-refractivity contribution in [3.63, 3.8) is 0 Å². The summed E-state index contributed by atoms with van der Waals surface area (Å²) in [4.78, 5) is 15.5. The molecule has 0 aliphatic rings. The Balaban J connectivity index is 1.89. The summed E-state index contributed by atoms with van der Waals surface area (Å²) < 4.78 is 0. The molecule has 0 saturated heterocycles. The van der Waals surface area contributed by atoms with Gasteiger partial charge in [-0.3, -0.25) is 5.10 Å². The minimum absolute atomic E-state index is 0.0353. The summed E-state index contributed by atoms with van der Waals surface area (Å²) in [7, 11) is 0. The Bertz CT molecular complexity index is 653. The van der Waals surface area contributed by atoms with Crippen LogP contribution in [0.15, 0.2) is 35.2 Å². The molecule has 1 unspecified atom stereocenters. The lowest BCUT2D eigenvalue weighted by Crippen LogP contribution is -2.44. The van der Waals surface area contributed by atoms with Gasteiger partial charge in [0, 0.05) is 36.1 Å². The van der Waals surface area contributed by atoms with Crippen molar-refractivity contribution in [3.8, 4) is 0 Å². The minimum atomic E-state index is -0.0359. The van der Waals surface area contributed by atoms with E-state index in [1.165, 1.54) is 4.90 Å². The number of benzene rings is 1. The highest BCUT2D eigenvalue weighted by molar-refractivity contribution is 7.98. The summed E-state index contributed by atoms with van der Waals surface area (Å²) in [6, 6.07) is 10.4. The van der Waals surface area contributed by atoms with Crippen LogP contribution in [0, 0.1) is 6.92 Å². The van der Waals surface area contributed by atoms with Gasteiger partial charge in [0.25, 0.3) is 0 Å². The average molecular weight is 347 g/mol. The van der Waals surface area contributed by atoms with E-state index in [0.29, 0.717) is 13.1 Å². The summed E-state index contributed by atoms with van der Waals surface area (Å²) in [5.74, 6) is 0. The first-order valence-electron chi connectivity index (χ1n) is 8.21. The number of nitrogens with zero attached hydrogens (tertiary/aromatic N) is 2. The monoisotopic (exact) mass is 346 g/mol. The van der Waals surface area contributed by atoms with E-state index in [-0.39, 0.29) is 12.1 Å². The Morgan fingerprint density at radius 2 is 2.08 bits per heavy atom. The Morgan fingerprint density at radius 3 is 2.62 bits per heavy atom. The molecule has 2 amide bonds. The number of aromatic amines is 1. The van der Waals surface area contributed by atoms with E-state index >= 15 is 0 Å². The Labute approximate surface area is 148 Å². The van der Waals surface area contributed by atoms with E-state index in [1.807, 2.05) is 31.7 Å². The number of nitrogens with one attached hydrogen (secondary N) is 2. The molecule has 1 aromatic heterocycles. The molecule has 6 heteroatoms. The molecule has 24 heavy (non-hydrogen) atoms. The van der Waals surface area contributed by atoms with Crippen LogP contribution in [0.1, 0.15) is 30.8 Å². The molecular formula is C18H26N4OS. The molecule has 0 aliphatic heterocycles. The maximum atomic E-state index is 12.5. The van der Waals surface area contributed by atoms with Gasteiger partial charge in [-0.05, 0) is 50.8 Å². The third-order valence-corrected chi connectivity index (χ3v) is 4.59. The lowest BCUT2D eigenvalue weighted by atomic mass is 10.2. The van der Waals surface area contributed by atoms with Crippen LogP contribution in [0.3, 0.4) is 0 Å². The van der Waals surface area contributed by atoms with Gasteiger partial charge in [0.05, 0.1) is 5.69 Å². The number of rotatable bonds is 7. The van der Waals surface area contributed by atoms with E-state index in [4.69, 9.17) is 0 Å². The van der Waals surface area contributed by atoms with Crippen LogP contribution < -0.4 is 5.32 Å². The zero-order valence-electron chi connectivity index (χ0n) is 14.8. The maximum Gasteiger partial charge on any atom is 0.317 e. The fourth-order valence-corrected chi connectivity index (χ4v) is 2.93. The van der Waals surface area contributed by atoms with E-state index in [0.717, 1.165) is 23.4 Å². The quantitative estimate of drug-likeness (QED) is 0.753. The van der Waals surface area contributed by atoms with Gasteiger partial charge >= 0.3 is 6.03 Å². The van der Waals surface area contributed by atoms with Crippen molar-refractivity contribution >= 4 is 17.8 Å². The Hall–Kier alpha value is -1.95. The molecule has 0 fully saturated rings. The number of hydrogen-bond donors (Lipinski definition) is 2. The number of aryl methyl sites for hydroxylation is 1. The molecule has 0 saturated carbocycles. The predicted octanol–water partition coefficient (Wildman–Crippen LogP) is 3.60. The lowest BCUT2D eigenvalue weighted by molar-refractivity contribution is 0.194. The number of hydrogen-bond acceptors (Lipinski definition) is 3. The smallest absolute Gasteiger partial charge is 0.317 e. The minimum Gasteiger partial charge on any atom is -0.335 e. The van der Waals surface area contributed by atoms with Gasteiger partial charge in [0.2, 0.25) is 0 Å². The van der Waals surface area contributed by atoms with Crippen LogP contribution in [0.4, 0.5) is 4.79 Å². The van der Waals surface area contributed by atoms with Gasteiger partial charge in [0.1, 0.15) is 0 Å². The number of carbonyl (C=O) groups is 1. The molecule has 1 heterocycles. The van der Waals surface area contributed by atoms with Crippen molar-refractivity contribution in [2.75, 3.05) is 12.8 Å². The third kappa shape index (κ3) is 5.30. The molecule has 2 rings (SSSR count). The van der Waals surface area contributed by atoms with Crippen LogP contribution in [0.5, 0.6) is 0 Å². The maximum absolute atomic E-state index is 12.5. The van der Waals surface area contributed by atoms with Gasteiger partial charge in [-0.2, -0.15) is 5.10 Å². The number of H-pyrrole nitrogens is 1. The normalized spacial score (nSPS) is 12.0. The molecule has 1 atom stereocenters. The van der Waals surface area contributed by atoms with E-state index in [9.17, 15) is 4.79 Å². The van der Waals surface area contributed by atoms with Gasteiger partial charge in [0.15, 0.2) is 0 Å². The second-order valence-corrected chi connectivity index (χ2v) is 6.84. The number of urea groups is 1. The van der Waals surface area contributed by atoms with Crippen molar-refractivity contribution in [2.45, 2.75) is 44.7 Å². The summed E-state index contributed by atoms with van der Waals surface area (Å²) >= 11 is 1.72. The first-order chi connectivity index (χ1) is 11.5. The molecule has 130 valence electrons. The van der Waals surface area contributed by atoms with Gasteiger partial charge in [-0.1, -0.05) is 12.1 Å². The molecule has 0 spiro atoms. The fraction of sp³-hybridized carbons (Fsp3) is 0.444. The molecule has 2 aromatic rings. The number of thioether (sulfide) groups is 1. The zero-order chi connectivity index (χ0) is 17.5. The predicted molar refractivity (Wildman–Crippen MR) is 99.3 cm³/mol. The first kappa shape index (κ1) is 18.4. The average Bonchev–Trinajstić information content (AvgIpc) is 2.97. The SMILES string of the molecule is CCN(Cc1ccc(SC)cc1)C(=O)NC(C)Cc1cc(C)[nH]n1. The van der Waals surface area contributed by atoms with Crippen molar-refractivity contribution in [1.29, 1.82) is 0 Å². The second kappa shape index (κ2) is 8.78. The van der Waals surface area contributed by atoms with Crippen LogP contribution in [-0.2, 0) is 13.0 Å². The second-order valence-electron chi connectivity index (χ2n) is 5.96. The first-order valence-corrected chi connectivity index (χ1v) is 9.43. The van der Waals surface area contributed by atoms with Crippen LogP contribution in [0.25, 0.3) is 0 Å². The highest BCUT2D eigenvalue weighted by Gasteiger charge is 2.15. The highest BCUT2D eigenvalue weighted by atomic mass is 32.2. The summed E-state index contributed by atoms with van der Waals surface area (Å²) in [6.45, 7) is 7.26. The van der Waals surface area contributed by atoms with Gasteiger partial charge in [-0.25, -0.2) is 4.79 Å². The van der Waals surface area contributed by atoms with Gasteiger partial charge in [-0.15, -0.1) is 11.8 Å². The molecule has 0 aliphatic carbocycles. The largest absolute Gasteiger partial charge is 0.335 e.